The van der Waals surface area contributed by atoms with Crippen LogP contribution in [0.2, 0.25) is 0 Å². The van der Waals surface area contributed by atoms with Gasteiger partial charge in [-0.15, -0.1) is 0 Å². The summed E-state index contributed by atoms with van der Waals surface area (Å²) in [6, 6.07) is 7.35. The van der Waals surface area contributed by atoms with Crippen molar-refractivity contribution in [3.63, 3.8) is 0 Å². The van der Waals surface area contributed by atoms with Gasteiger partial charge in [0.25, 0.3) is 0 Å². The molecule has 1 aromatic carbocycles. The largest absolute Gasteiger partial charge is 0.491 e. The lowest BCUT2D eigenvalue weighted by Gasteiger charge is -2.58. The van der Waals surface area contributed by atoms with Crippen molar-refractivity contribution in [2.45, 2.75) is 69.9 Å². The van der Waals surface area contributed by atoms with Gasteiger partial charge in [-0.3, -0.25) is 0 Å². The number of hydrogen-bond acceptors (Lipinski definition) is 2. The Labute approximate surface area is 136 Å². The molecule has 22 heavy (non-hydrogen) atoms. The Kier molecular flexibility index (Phi) is 3.21. The Morgan fingerprint density at radius 3 is 3.00 bits per heavy atom. The first-order chi connectivity index (χ1) is 10.9. The van der Waals surface area contributed by atoms with Crippen LogP contribution in [0, 0.1) is 5.92 Å². The van der Waals surface area contributed by atoms with Crippen LogP contribution in [0.25, 0.3) is 0 Å². The van der Waals surface area contributed by atoms with E-state index in [4.69, 9.17) is 6.11 Å². The van der Waals surface area contributed by atoms with Gasteiger partial charge in [0, 0.05) is 11.5 Å². The maximum absolute atomic E-state index is 8.03. The highest BCUT2D eigenvalue weighted by Gasteiger charge is 2.53. The minimum atomic E-state index is -0.873. The molecule has 1 saturated heterocycles. The molecule has 4 rings (SSSR count). The van der Waals surface area contributed by atoms with Crippen molar-refractivity contribution >= 4 is 0 Å². The summed E-state index contributed by atoms with van der Waals surface area (Å²) in [5, 5.41) is 0. The molecule has 0 N–H and O–H groups in total. The number of piperidine rings is 1. The smallest absolute Gasteiger partial charge is 0.119 e. The predicted molar refractivity (Wildman–Crippen MR) is 90.6 cm³/mol. The number of hydrogen-bond donors (Lipinski definition) is 0. The Morgan fingerprint density at radius 1 is 1.32 bits per heavy atom. The highest BCUT2D eigenvalue weighted by molar-refractivity contribution is 5.45. The second-order valence-electron chi connectivity index (χ2n) is 7.84. The third kappa shape index (κ3) is 2.11. The van der Waals surface area contributed by atoms with E-state index in [-0.39, 0.29) is 0 Å². The van der Waals surface area contributed by atoms with Crippen molar-refractivity contribution in [3.05, 3.63) is 29.3 Å². The van der Waals surface area contributed by atoms with Gasteiger partial charge in [-0.1, -0.05) is 18.9 Å². The van der Waals surface area contributed by atoms with Gasteiger partial charge < -0.3 is 9.64 Å². The Bertz CT molecular complexity index is 608. The molecule has 3 aliphatic rings. The number of likely N-dealkylation sites (tertiary alicyclic amines) is 1. The van der Waals surface area contributed by atoms with Crippen LogP contribution in [0.3, 0.4) is 0 Å². The Morgan fingerprint density at radius 2 is 2.18 bits per heavy atom. The molecule has 1 saturated carbocycles. The molecule has 0 spiro atoms. The van der Waals surface area contributed by atoms with E-state index < -0.39 is 6.08 Å². The molecule has 0 amide bonds. The van der Waals surface area contributed by atoms with Crippen molar-refractivity contribution < 1.29 is 6.11 Å². The summed E-state index contributed by atoms with van der Waals surface area (Å²) in [7, 11) is 2.31. The molecule has 1 unspecified atom stereocenters. The third-order valence-electron chi connectivity index (χ3n) is 6.41. The SMILES string of the molecule is [2H]C(C)(C)Oc1ccc2c(c1)C13CCCC[C@@H]1[C@H](C2)N(C)CC3. The van der Waals surface area contributed by atoms with Gasteiger partial charge in [-0.2, -0.15) is 0 Å². The summed E-state index contributed by atoms with van der Waals surface area (Å²) in [6.07, 6.45) is 7.06. The standard InChI is InChI=1S/C20H29NO/c1-14(2)22-16-8-7-15-12-19-17-6-4-5-9-20(17,18(15)13-16)10-11-21(19)3/h7-8,13-14,17,19H,4-6,9-12H2,1-3H3/t17-,19+,20?/m1/s1/i14D. The predicted octanol–water partition coefficient (Wildman–Crippen LogP) is 4.16. The van der Waals surface area contributed by atoms with Gasteiger partial charge in [0.15, 0.2) is 0 Å². The topological polar surface area (TPSA) is 12.5 Å². The number of ether oxygens (including phenoxy) is 1. The Balaban J connectivity index is 1.79. The Hall–Kier alpha value is -1.02. The van der Waals surface area contributed by atoms with Gasteiger partial charge in [0.1, 0.15) is 5.75 Å². The summed E-state index contributed by atoms with van der Waals surface area (Å²) in [5.41, 5.74) is 3.44. The fourth-order valence-corrected chi connectivity index (χ4v) is 5.48. The summed E-state index contributed by atoms with van der Waals surface area (Å²) in [4.78, 5) is 2.61. The molecule has 1 aromatic rings. The normalized spacial score (nSPS) is 35.3. The average Bonchev–Trinajstić information content (AvgIpc) is 2.50. The quantitative estimate of drug-likeness (QED) is 0.813. The van der Waals surface area contributed by atoms with Crippen LogP contribution in [-0.2, 0) is 11.8 Å². The molecule has 2 nitrogen and oxygen atoms in total. The van der Waals surface area contributed by atoms with Crippen molar-refractivity contribution in [2.24, 2.45) is 5.92 Å². The fraction of sp³-hybridized carbons (Fsp3) is 0.700. The van der Waals surface area contributed by atoms with Crippen LogP contribution in [0.15, 0.2) is 18.2 Å². The highest BCUT2D eigenvalue weighted by atomic mass is 16.5. The van der Waals surface area contributed by atoms with E-state index in [0.29, 0.717) is 5.41 Å². The van der Waals surface area contributed by atoms with Crippen molar-refractivity contribution in [2.75, 3.05) is 13.6 Å². The number of nitrogens with zero attached hydrogens (tertiary/aromatic N) is 1. The lowest BCUT2D eigenvalue weighted by molar-refractivity contribution is 0.00266. The van der Waals surface area contributed by atoms with Crippen LogP contribution in [0.5, 0.6) is 5.75 Å². The zero-order valence-corrected chi connectivity index (χ0v) is 14.2. The fourth-order valence-electron chi connectivity index (χ4n) is 5.48. The molecule has 2 bridgehead atoms. The molecule has 120 valence electrons. The van der Waals surface area contributed by atoms with E-state index in [1.54, 1.807) is 19.4 Å². The lowest BCUT2D eigenvalue weighted by Crippen LogP contribution is -2.59. The summed E-state index contributed by atoms with van der Waals surface area (Å²) in [5.74, 6) is 1.68. The van der Waals surface area contributed by atoms with Gasteiger partial charge in [0.2, 0.25) is 0 Å². The first-order valence-corrected chi connectivity index (χ1v) is 8.92. The zero-order chi connectivity index (χ0) is 16.2. The molecule has 3 atom stereocenters. The second-order valence-corrected chi connectivity index (χ2v) is 7.84. The maximum Gasteiger partial charge on any atom is 0.119 e. The zero-order valence-electron chi connectivity index (χ0n) is 15.2. The first-order valence-electron chi connectivity index (χ1n) is 9.42. The highest BCUT2D eigenvalue weighted by Crippen LogP contribution is 2.55. The van der Waals surface area contributed by atoms with Gasteiger partial charge >= 0.3 is 0 Å². The molecule has 1 heterocycles. The molecule has 0 aromatic heterocycles. The van der Waals surface area contributed by atoms with Gasteiger partial charge in [0.05, 0.1) is 7.45 Å². The molecule has 2 aliphatic carbocycles. The first kappa shape index (κ1) is 13.4. The average molecular weight is 300 g/mol. The minimum Gasteiger partial charge on any atom is -0.491 e. The molecular formula is C20H29NO. The summed E-state index contributed by atoms with van der Waals surface area (Å²) < 4.78 is 13.9. The lowest BCUT2D eigenvalue weighted by atomic mass is 9.52. The van der Waals surface area contributed by atoms with E-state index >= 15 is 0 Å². The van der Waals surface area contributed by atoms with E-state index in [0.717, 1.165) is 17.7 Å². The van der Waals surface area contributed by atoms with Gasteiger partial charge in [-0.05, 0) is 82.3 Å². The third-order valence-corrected chi connectivity index (χ3v) is 6.41. The van der Waals surface area contributed by atoms with E-state index in [1.165, 1.54) is 50.6 Å². The minimum absolute atomic E-state index is 0.370. The number of benzene rings is 1. The number of fused-ring (bicyclic) bond motifs is 1. The molecular weight excluding hydrogens is 270 g/mol. The van der Waals surface area contributed by atoms with Crippen molar-refractivity contribution in [1.29, 1.82) is 0 Å². The molecule has 2 heteroatoms. The number of rotatable bonds is 2. The van der Waals surface area contributed by atoms with Crippen LogP contribution in [-0.4, -0.2) is 30.6 Å². The van der Waals surface area contributed by atoms with Crippen LogP contribution in [0.4, 0.5) is 0 Å². The van der Waals surface area contributed by atoms with Crippen LogP contribution in [0.1, 0.15) is 58.4 Å². The molecule has 1 aliphatic heterocycles. The van der Waals surface area contributed by atoms with Crippen LogP contribution < -0.4 is 4.74 Å². The monoisotopic (exact) mass is 300 g/mol. The van der Waals surface area contributed by atoms with Crippen molar-refractivity contribution in [1.82, 2.24) is 4.90 Å². The molecule has 2 fully saturated rings. The maximum atomic E-state index is 8.03. The number of likely N-dealkylation sites (N-methyl/N-ethyl adjacent to an activating group) is 1. The van der Waals surface area contributed by atoms with Crippen molar-refractivity contribution in [3.8, 4) is 5.75 Å². The summed E-state index contributed by atoms with van der Waals surface area (Å²) in [6.45, 7) is 4.83. The van der Waals surface area contributed by atoms with E-state index in [1.807, 2.05) is 0 Å². The second kappa shape index (κ2) is 5.26. The summed E-state index contributed by atoms with van der Waals surface area (Å²) >= 11 is 0. The van der Waals surface area contributed by atoms with Gasteiger partial charge in [-0.25, -0.2) is 0 Å². The van der Waals surface area contributed by atoms with E-state index in [2.05, 4.69) is 30.1 Å². The van der Waals surface area contributed by atoms with Crippen LogP contribution >= 0.6 is 0 Å². The van der Waals surface area contributed by atoms with E-state index in [9.17, 15) is 0 Å². The molecule has 0 radical (unpaired) electrons.